The van der Waals surface area contributed by atoms with Crippen LogP contribution in [0.25, 0.3) is 16.8 Å². The van der Waals surface area contributed by atoms with E-state index in [2.05, 4.69) is 6.58 Å². The first-order chi connectivity index (χ1) is 9.89. The molecular weight excluding hydrogens is 292 g/mol. The van der Waals surface area contributed by atoms with Crippen molar-refractivity contribution in [2.75, 3.05) is 12.4 Å². The number of hydrogen-bond acceptors (Lipinski definition) is 4. The van der Waals surface area contributed by atoms with Gasteiger partial charge in [-0.1, -0.05) is 30.9 Å². The maximum atomic E-state index is 11.8. The van der Waals surface area contributed by atoms with Crippen molar-refractivity contribution in [2.45, 2.75) is 0 Å². The molecule has 0 aliphatic heterocycles. The molecule has 0 atom stereocenters. The second kappa shape index (κ2) is 6.07. The summed E-state index contributed by atoms with van der Waals surface area (Å²) < 4.78 is 34.4. The second-order valence-corrected chi connectivity index (χ2v) is 6.02. The molecule has 0 bridgehead atoms. The van der Waals surface area contributed by atoms with Gasteiger partial charge in [0.25, 0.3) is 10.1 Å². The van der Waals surface area contributed by atoms with Gasteiger partial charge in [0, 0.05) is 0 Å². The molecule has 0 saturated heterocycles. The molecule has 0 amide bonds. The number of esters is 1. The first kappa shape index (κ1) is 15.2. The molecule has 0 aliphatic rings. The summed E-state index contributed by atoms with van der Waals surface area (Å²) in [5, 5.41) is 1.83. The zero-order valence-electron chi connectivity index (χ0n) is 11.2. The van der Waals surface area contributed by atoms with E-state index in [0.717, 1.165) is 16.3 Å². The monoisotopic (exact) mass is 306 g/mol. The van der Waals surface area contributed by atoms with E-state index < -0.39 is 21.8 Å². The van der Waals surface area contributed by atoms with Crippen LogP contribution in [0, 0.1) is 0 Å². The fraction of sp³-hybridized carbons (Fsp3) is 0.133. The second-order valence-electron chi connectivity index (χ2n) is 4.45. The summed E-state index contributed by atoms with van der Waals surface area (Å²) in [6.45, 7) is 3.31. The highest BCUT2D eigenvalue weighted by atomic mass is 32.2. The van der Waals surface area contributed by atoms with Crippen molar-refractivity contribution in [2.24, 2.45) is 0 Å². The van der Waals surface area contributed by atoms with Crippen LogP contribution in [-0.2, 0) is 14.9 Å². The van der Waals surface area contributed by atoms with Gasteiger partial charge in [-0.25, -0.2) is 4.79 Å². The first-order valence-corrected chi connectivity index (χ1v) is 7.78. The number of ether oxygens (including phenoxy) is 1. The molecule has 2 rings (SSSR count). The highest BCUT2D eigenvalue weighted by Crippen LogP contribution is 2.19. The van der Waals surface area contributed by atoms with Crippen molar-refractivity contribution in [1.82, 2.24) is 0 Å². The van der Waals surface area contributed by atoms with Crippen LogP contribution in [0.15, 0.2) is 43.0 Å². The molecule has 6 heteroatoms. The maximum Gasteiger partial charge on any atom is 0.338 e. The third kappa shape index (κ3) is 4.14. The minimum absolute atomic E-state index is 0.323. The zero-order chi connectivity index (χ0) is 15.5. The minimum Gasteiger partial charge on any atom is -0.461 e. The van der Waals surface area contributed by atoms with E-state index in [1.54, 1.807) is 24.3 Å². The number of carbonyl (C=O) groups is 1. The van der Waals surface area contributed by atoms with Crippen LogP contribution in [-0.4, -0.2) is 31.3 Å². The van der Waals surface area contributed by atoms with E-state index in [1.165, 1.54) is 0 Å². The van der Waals surface area contributed by atoms with Crippen LogP contribution in [0.3, 0.4) is 0 Å². The van der Waals surface area contributed by atoms with Crippen LogP contribution in [0.4, 0.5) is 0 Å². The molecule has 0 unspecified atom stereocenters. The Kier molecular flexibility index (Phi) is 4.40. The Morgan fingerprint density at radius 3 is 2.52 bits per heavy atom. The average molecular weight is 306 g/mol. The normalized spacial score (nSPS) is 11.3. The Balaban J connectivity index is 2.15. The van der Waals surface area contributed by atoms with Crippen LogP contribution >= 0.6 is 0 Å². The van der Waals surface area contributed by atoms with Crippen molar-refractivity contribution in [3.8, 4) is 0 Å². The molecule has 1 N–H and O–H groups in total. The van der Waals surface area contributed by atoms with Gasteiger partial charge < -0.3 is 4.74 Å². The van der Waals surface area contributed by atoms with Gasteiger partial charge in [-0.05, 0) is 34.5 Å². The molecule has 5 nitrogen and oxygen atoms in total. The summed E-state index contributed by atoms with van der Waals surface area (Å²) in [5.41, 5.74) is 1.30. The number of fused-ring (bicyclic) bond motifs is 1. The van der Waals surface area contributed by atoms with E-state index in [9.17, 15) is 13.2 Å². The Morgan fingerprint density at radius 2 is 1.86 bits per heavy atom. The van der Waals surface area contributed by atoms with Crippen LogP contribution < -0.4 is 0 Å². The van der Waals surface area contributed by atoms with Gasteiger partial charge in [-0.2, -0.15) is 8.42 Å². The Bertz CT molecular complexity index is 793. The van der Waals surface area contributed by atoms with Crippen molar-refractivity contribution in [3.63, 3.8) is 0 Å². The van der Waals surface area contributed by atoms with Gasteiger partial charge in [0.1, 0.15) is 12.4 Å². The summed E-state index contributed by atoms with van der Waals surface area (Å²) in [4.78, 5) is 11.8. The molecule has 0 heterocycles. The fourth-order valence-electron chi connectivity index (χ4n) is 1.84. The average Bonchev–Trinajstić information content (AvgIpc) is 2.44. The number of hydrogen-bond donors (Lipinski definition) is 1. The SMILES string of the molecule is C=Cc1ccc2cc(C(=O)OCCS(=O)(=O)O)ccc2c1. The predicted octanol–water partition coefficient (Wildman–Crippen LogP) is 2.53. The van der Waals surface area contributed by atoms with Gasteiger partial charge in [-0.3, -0.25) is 4.55 Å². The quantitative estimate of drug-likeness (QED) is 0.678. The summed E-state index contributed by atoms with van der Waals surface area (Å²) >= 11 is 0. The molecule has 0 fully saturated rings. The maximum absolute atomic E-state index is 11.8. The molecule has 0 saturated carbocycles. The largest absolute Gasteiger partial charge is 0.461 e. The Morgan fingerprint density at radius 1 is 1.19 bits per heavy atom. The van der Waals surface area contributed by atoms with E-state index in [4.69, 9.17) is 9.29 Å². The third-order valence-corrected chi connectivity index (χ3v) is 3.59. The summed E-state index contributed by atoms with van der Waals surface area (Å²) in [6, 6.07) is 10.7. The van der Waals surface area contributed by atoms with E-state index >= 15 is 0 Å². The molecule has 2 aromatic rings. The summed E-state index contributed by atoms with van der Waals surface area (Å²) in [6.07, 6.45) is 1.73. The molecule has 0 aliphatic carbocycles. The van der Waals surface area contributed by atoms with Gasteiger partial charge in [-0.15, -0.1) is 0 Å². The lowest BCUT2D eigenvalue weighted by atomic mass is 10.0. The highest BCUT2D eigenvalue weighted by molar-refractivity contribution is 7.85. The van der Waals surface area contributed by atoms with Crippen molar-refractivity contribution in [3.05, 3.63) is 54.1 Å². The molecule has 0 spiro atoms. The lowest BCUT2D eigenvalue weighted by Gasteiger charge is -2.05. The van der Waals surface area contributed by atoms with Crippen LogP contribution in [0.1, 0.15) is 15.9 Å². The van der Waals surface area contributed by atoms with E-state index in [1.807, 2.05) is 18.2 Å². The lowest BCUT2D eigenvalue weighted by molar-refractivity contribution is 0.0528. The van der Waals surface area contributed by atoms with Gasteiger partial charge in [0.15, 0.2) is 0 Å². The van der Waals surface area contributed by atoms with Gasteiger partial charge in [0.05, 0.1) is 5.56 Å². The zero-order valence-corrected chi connectivity index (χ0v) is 12.0. The fourth-order valence-corrected chi connectivity index (χ4v) is 2.14. The molecular formula is C15H14O5S. The molecule has 0 radical (unpaired) electrons. The minimum atomic E-state index is -4.13. The smallest absolute Gasteiger partial charge is 0.338 e. The number of rotatable bonds is 5. The standard InChI is InChI=1S/C15H14O5S/c1-2-11-3-4-13-10-14(6-5-12(13)9-11)15(16)20-7-8-21(17,18)19/h2-6,9-10H,1,7-8H2,(H,17,18,19). The van der Waals surface area contributed by atoms with Crippen molar-refractivity contribution in [1.29, 1.82) is 0 Å². The number of benzene rings is 2. The van der Waals surface area contributed by atoms with Crippen LogP contribution in [0.2, 0.25) is 0 Å². The molecule has 110 valence electrons. The molecule has 2 aromatic carbocycles. The van der Waals surface area contributed by atoms with Crippen LogP contribution in [0.5, 0.6) is 0 Å². The lowest BCUT2D eigenvalue weighted by Crippen LogP contribution is -2.14. The van der Waals surface area contributed by atoms with E-state index in [0.29, 0.717) is 5.56 Å². The summed E-state index contributed by atoms with van der Waals surface area (Å²) in [7, 11) is -4.13. The first-order valence-electron chi connectivity index (χ1n) is 6.17. The van der Waals surface area contributed by atoms with Crippen molar-refractivity contribution >= 4 is 32.9 Å². The highest BCUT2D eigenvalue weighted by Gasteiger charge is 2.11. The summed E-state index contributed by atoms with van der Waals surface area (Å²) in [5.74, 6) is -1.25. The third-order valence-electron chi connectivity index (χ3n) is 2.91. The topological polar surface area (TPSA) is 80.7 Å². The van der Waals surface area contributed by atoms with E-state index in [-0.39, 0.29) is 6.61 Å². The number of carbonyl (C=O) groups excluding carboxylic acids is 1. The van der Waals surface area contributed by atoms with Gasteiger partial charge in [0.2, 0.25) is 0 Å². The Labute approximate surface area is 122 Å². The van der Waals surface area contributed by atoms with Crippen molar-refractivity contribution < 1.29 is 22.5 Å². The molecule has 21 heavy (non-hydrogen) atoms. The Hall–Kier alpha value is -2.18. The van der Waals surface area contributed by atoms with Gasteiger partial charge >= 0.3 is 5.97 Å². The predicted molar refractivity (Wildman–Crippen MR) is 80.7 cm³/mol. The molecule has 0 aromatic heterocycles.